The molecule has 0 unspecified atom stereocenters. The third-order valence-electron chi connectivity index (χ3n) is 1.91. The quantitative estimate of drug-likeness (QED) is 0.218. The number of allylic oxidation sites excluding steroid dienone is 2. The average molecular weight is 240 g/mol. The molecule has 0 heterocycles. The van der Waals surface area contributed by atoms with Crippen LogP contribution in [0.15, 0.2) is 47.1 Å². The topological polar surface area (TPSA) is 110 Å². The van der Waals surface area contributed by atoms with Crippen molar-refractivity contribution in [3.8, 4) is 6.07 Å². The minimum atomic E-state index is -1.12. The van der Waals surface area contributed by atoms with Crippen LogP contribution in [0.1, 0.15) is 5.56 Å². The van der Waals surface area contributed by atoms with E-state index in [1.165, 1.54) is 12.2 Å². The van der Waals surface area contributed by atoms with E-state index in [0.29, 0.717) is 11.3 Å². The number of azide groups is 1. The highest BCUT2D eigenvalue weighted by Crippen LogP contribution is 2.15. The third kappa shape index (κ3) is 4.23. The third-order valence-corrected chi connectivity index (χ3v) is 1.91. The van der Waals surface area contributed by atoms with Crippen LogP contribution in [0.3, 0.4) is 0 Å². The Morgan fingerprint density at radius 1 is 1.39 bits per heavy atom. The second-order valence-corrected chi connectivity index (χ2v) is 3.16. The molecule has 1 aromatic carbocycles. The minimum Gasteiger partial charge on any atom is -0.478 e. The fourth-order valence-electron chi connectivity index (χ4n) is 1.15. The summed E-state index contributed by atoms with van der Waals surface area (Å²) < 4.78 is 0. The number of aliphatic carboxylic acids is 1. The largest absolute Gasteiger partial charge is 0.478 e. The van der Waals surface area contributed by atoms with E-state index in [9.17, 15) is 4.79 Å². The molecule has 18 heavy (non-hydrogen) atoms. The fourth-order valence-corrected chi connectivity index (χ4v) is 1.15. The van der Waals surface area contributed by atoms with Crippen LogP contribution in [0.2, 0.25) is 0 Å². The van der Waals surface area contributed by atoms with Gasteiger partial charge >= 0.3 is 5.97 Å². The first-order valence-electron chi connectivity index (χ1n) is 4.83. The summed E-state index contributed by atoms with van der Waals surface area (Å²) in [5, 5.41) is 20.7. The van der Waals surface area contributed by atoms with E-state index in [1.54, 1.807) is 24.3 Å². The SMILES string of the molecule is N#CC(C=CC(=O)O)=Cc1ccc(N=[N+]=[N-])cc1. The molecule has 0 aromatic heterocycles. The molecule has 0 fully saturated rings. The van der Waals surface area contributed by atoms with Crippen molar-refractivity contribution < 1.29 is 9.90 Å². The van der Waals surface area contributed by atoms with Gasteiger partial charge in [-0.05, 0) is 23.2 Å². The Hall–Kier alpha value is -3.03. The standard InChI is InChI=1S/C12H8N4O2/c13-8-10(3-6-12(17)18)7-9-1-4-11(5-2-9)15-16-14/h1-7H,(H,17,18). The molecule has 0 aliphatic rings. The summed E-state index contributed by atoms with van der Waals surface area (Å²) in [7, 11) is 0. The Bertz CT molecular complexity index is 587. The van der Waals surface area contributed by atoms with Crippen molar-refractivity contribution >= 4 is 17.7 Å². The molecule has 0 bridgehead atoms. The summed E-state index contributed by atoms with van der Waals surface area (Å²) in [6.07, 6.45) is 3.63. The minimum absolute atomic E-state index is 0.217. The van der Waals surface area contributed by atoms with Gasteiger partial charge in [0.1, 0.15) is 0 Å². The number of benzene rings is 1. The fraction of sp³-hybridized carbons (Fsp3) is 0. The molecule has 1 aromatic rings. The zero-order valence-electron chi connectivity index (χ0n) is 9.19. The lowest BCUT2D eigenvalue weighted by Crippen LogP contribution is -1.86. The van der Waals surface area contributed by atoms with E-state index in [2.05, 4.69) is 10.0 Å². The van der Waals surface area contributed by atoms with Crippen molar-refractivity contribution in [2.45, 2.75) is 0 Å². The van der Waals surface area contributed by atoms with Gasteiger partial charge in [-0.25, -0.2) is 4.79 Å². The molecule has 6 heteroatoms. The maximum absolute atomic E-state index is 10.3. The summed E-state index contributed by atoms with van der Waals surface area (Å²) in [6, 6.07) is 8.40. The van der Waals surface area contributed by atoms with E-state index in [1.807, 2.05) is 6.07 Å². The zero-order chi connectivity index (χ0) is 13.4. The molecule has 1 N–H and O–H groups in total. The average Bonchev–Trinajstić information content (AvgIpc) is 2.36. The first kappa shape index (κ1) is 13.0. The van der Waals surface area contributed by atoms with Crippen molar-refractivity contribution in [3.05, 3.63) is 58.0 Å². The number of nitriles is 1. The van der Waals surface area contributed by atoms with Gasteiger partial charge in [-0.2, -0.15) is 5.26 Å². The molecular weight excluding hydrogens is 232 g/mol. The van der Waals surface area contributed by atoms with Crippen molar-refractivity contribution in [1.82, 2.24) is 0 Å². The van der Waals surface area contributed by atoms with Crippen LogP contribution in [0, 0.1) is 11.3 Å². The highest BCUT2D eigenvalue weighted by Gasteiger charge is 1.94. The number of hydrogen-bond donors (Lipinski definition) is 1. The zero-order valence-corrected chi connectivity index (χ0v) is 9.19. The first-order chi connectivity index (χ1) is 8.65. The predicted octanol–water partition coefficient (Wildman–Crippen LogP) is 3.18. The Labute approximate surface area is 103 Å². The molecule has 0 saturated heterocycles. The van der Waals surface area contributed by atoms with Gasteiger partial charge in [-0.1, -0.05) is 29.4 Å². The number of carboxylic acid groups (broad SMARTS) is 1. The lowest BCUT2D eigenvalue weighted by atomic mass is 10.1. The second kappa shape index (κ2) is 6.53. The molecule has 88 valence electrons. The molecule has 0 aliphatic carbocycles. The van der Waals surface area contributed by atoms with Crippen molar-refractivity contribution in [1.29, 1.82) is 5.26 Å². The predicted molar refractivity (Wildman–Crippen MR) is 65.6 cm³/mol. The monoisotopic (exact) mass is 240 g/mol. The van der Waals surface area contributed by atoms with Gasteiger partial charge in [0.05, 0.1) is 11.6 Å². The Morgan fingerprint density at radius 2 is 2.06 bits per heavy atom. The van der Waals surface area contributed by atoms with Crippen LogP contribution in [-0.4, -0.2) is 11.1 Å². The maximum atomic E-state index is 10.3. The molecule has 1 rings (SSSR count). The molecule has 0 amide bonds. The van der Waals surface area contributed by atoms with Gasteiger partial charge in [0.15, 0.2) is 0 Å². The van der Waals surface area contributed by atoms with Gasteiger partial charge in [0.2, 0.25) is 0 Å². The number of nitrogens with zero attached hydrogens (tertiary/aromatic N) is 4. The van der Waals surface area contributed by atoms with Crippen molar-refractivity contribution in [2.75, 3.05) is 0 Å². The van der Waals surface area contributed by atoms with Gasteiger partial charge in [0.25, 0.3) is 0 Å². The molecule has 0 atom stereocenters. The Morgan fingerprint density at radius 3 is 2.56 bits per heavy atom. The number of rotatable bonds is 4. The second-order valence-electron chi connectivity index (χ2n) is 3.16. The van der Waals surface area contributed by atoms with Gasteiger partial charge in [-0.3, -0.25) is 0 Å². The highest BCUT2D eigenvalue weighted by atomic mass is 16.4. The highest BCUT2D eigenvalue weighted by molar-refractivity contribution is 5.81. The Kier molecular flexibility index (Phi) is 4.73. The van der Waals surface area contributed by atoms with Crippen LogP contribution >= 0.6 is 0 Å². The maximum Gasteiger partial charge on any atom is 0.328 e. The molecule has 0 saturated carbocycles. The first-order valence-corrected chi connectivity index (χ1v) is 4.83. The summed E-state index contributed by atoms with van der Waals surface area (Å²) in [6.45, 7) is 0. The van der Waals surface area contributed by atoms with Crippen LogP contribution < -0.4 is 0 Å². The number of carboxylic acids is 1. The number of hydrogen-bond acceptors (Lipinski definition) is 3. The van der Waals surface area contributed by atoms with Crippen LogP contribution in [0.4, 0.5) is 5.69 Å². The smallest absolute Gasteiger partial charge is 0.328 e. The van der Waals surface area contributed by atoms with E-state index in [-0.39, 0.29) is 5.57 Å². The Balaban J connectivity index is 2.96. The normalized spacial score (nSPS) is 10.7. The van der Waals surface area contributed by atoms with Gasteiger partial charge in [0, 0.05) is 16.7 Å². The summed E-state index contributed by atoms with van der Waals surface area (Å²) in [5.41, 5.74) is 9.62. The van der Waals surface area contributed by atoms with Crippen LogP contribution in [-0.2, 0) is 4.79 Å². The van der Waals surface area contributed by atoms with E-state index < -0.39 is 5.97 Å². The van der Waals surface area contributed by atoms with Crippen LogP contribution in [0.5, 0.6) is 0 Å². The summed E-state index contributed by atoms with van der Waals surface area (Å²) >= 11 is 0. The van der Waals surface area contributed by atoms with Gasteiger partial charge < -0.3 is 5.11 Å². The lowest BCUT2D eigenvalue weighted by molar-refractivity contribution is -0.131. The van der Waals surface area contributed by atoms with Gasteiger partial charge in [-0.15, -0.1) is 0 Å². The lowest BCUT2D eigenvalue weighted by Gasteiger charge is -1.95. The molecular formula is C12H8N4O2. The van der Waals surface area contributed by atoms with Crippen molar-refractivity contribution in [3.63, 3.8) is 0 Å². The number of carbonyl (C=O) groups is 1. The van der Waals surface area contributed by atoms with Crippen molar-refractivity contribution in [2.24, 2.45) is 5.11 Å². The summed E-state index contributed by atoms with van der Waals surface area (Å²) in [4.78, 5) is 13.0. The molecule has 6 nitrogen and oxygen atoms in total. The summed E-state index contributed by atoms with van der Waals surface area (Å²) in [5.74, 6) is -1.12. The molecule has 0 spiro atoms. The molecule has 0 aliphatic heterocycles. The van der Waals surface area contributed by atoms with E-state index in [0.717, 1.165) is 6.08 Å². The van der Waals surface area contributed by atoms with E-state index in [4.69, 9.17) is 15.9 Å². The molecule has 0 radical (unpaired) electrons. The van der Waals surface area contributed by atoms with E-state index >= 15 is 0 Å². The van der Waals surface area contributed by atoms with Crippen LogP contribution in [0.25, 0.3) is 16.5 Å².